The van der Waals surface area contributed by atoms with Gasteiger partial charge < -0.3 is 5.32 Å². The van der Waals surface area contributed by atoms with Gasteiger partial charge in [0.1, 0.15) is 0 Å². The summed E-state index contributed by atoms with van der Waals surface area (Å²) < 4.78 is 0. The number of hydrogen-bond donors (Lipinski definition) is 1. The molecule has 0 aromatic heterocycles. The molecule has 2 heteroatoms. The van der Waals surface area contributed by atoms with Crippen molar-refractivity contribution >= 4 is 5.91 Å². The van der Waals surface area contributed by atoms with Crippen LogP contribution in [0.25, 0.3) is 0 Å². The molecule has 0 fully saturated rings. The van der Waals surface area contributed by atoms with Gasteiger partial charge >= 0.3 is 0 Å². The largest absolute Gasteiger partial charge is 0.352 e. The van der Waals surface area contributed by atoms with Crippen LogP contribution < -0.4 is 5.32 Å². The third-order valence-corrected chi connectivity index (χ3v) is 3.51. The van der Waals surface area contributed by atoms with Crippen LogP contribution in [0.4, 0.5) is 0 Å². The van der Waals surface area contributed by atoms with Gasteiger partial charge in [0.2, 0.25) is 5.91 Å². The summed E-state index contributed by atoms with van der Waals surface area (Å²) in [6.07, 6.45) is 0.437. The van der Waals surface area contributed by atoms with E-state index in [1.807, 2.05) is 18.2 Å². The maximum absolute atomic E-state index is 12.0. The first-order chi connectivity index (χ1) is 9.54. The lowest BCUT2D eigenvalue weighted by atomic mass is 10.0. The van der Waals surface area contributed by atoms with E-state index in [4.69, 9.17) is 0 Å². The van der Waals surface area contributed by atoms with Crippen LogP contribution in [0.15, 0.2) is 42.5 Å². The summed E-state index contributed by atoms with van der Waals surface area (Å²) >= 11 is 0. The monoisotopic (exact) mass is 267 g/mol. The van der Waals surface area contributed by atoms with Crippen molar-refractivity contribution in [1.82, 2.24) is 5.32 Å². The Hall–Kier alpha value is -2.09. The average Bonchev–Trinajstić information content (AvgIpc) is 2.41. The van der Waals surface area contributed by atoms with E-state index in [2.05, 4.69) is 50.4 Å². The van der Waals surface area contributed by atoms with Crippen molar-refractivity contribution in [2.75, 3.05) is 0 Å². The number of carbonyl (C=O) groups excluding carboxylic acids is 1. The van der Waals surface area contributed by atoms with Crippen LogP contribution in [-0.4, -0.2) is 5.91 Å². The van der Waals surface area contributed by atoms with Crippen LogP contribution in [0.3, 0.4) is 0 Å². The minimum absolute atomic E-state index is 0.0646. The Bertz CT molecular complexity index is 617. The normalized spacial score (nSPS) is 10.3. The number of carbonyl (C=O) groups is 1. The lowest BCUT2D eigenvalue weighted by molar-refractivity contribution is -0.120. The second-order valence-corrected chi connectivity index (χ2v) is 5.36. The smallest absolute Gasteiger partial charge is 0.224 e. The maximum atomic E-state index is 12.0. The Morgan fingerprint density at radius 3 is 2.45 bits per heavy atom. The van der Waals surface area contributed by atoms with Gasteiger partial charge in [0, 0.05) is 6.54 Å². The minimum Gasteiger partial charge on any atom is -0.352 e. The van der Waals surface area contributed by atoms with Gasteiger partial charge in [-0.3, -0.25) is 4.79 Å². The van der Waals surface area contributed by atoms with E-state index in [1.54, 1.807) is 0 Å². The molecule has 0 unspecified atom stereocenters. The molecule has 0 atom stereocenters. The van der Waals surface area contributed by atoms with Crippen LogP contribution in [0.2, 0.25) is 0 Å². The third kappa shape index (κ3) is 3.95. The van der Waals surface area contributed by atoms with Crippen molar-refractivity contribution in [3.8, 4) is 0 Å². The summed E-state index contributed by atoms with van der Waals surface area (Å²) in [4.78, 5) is 12.0. The van der Waals surface area contributed by atoms with Gasteiger partial charge in [-0.1, -0.05) is 48.0 Å². The van der Waals surface area contributed by atoms with Crippen molar-refractivity contribution in [1.29, 1.82) is 0 Å². The summed E-state index contributed by atoms with van der Waals surface area (Å²) in [7, 11) is 0. The first-order valence-corrected chi connectivity index (χ1v) is 6.93. The SMILES string of the molecule is Cc1cccc(CNC(=O)Cc2ccc(C)c(C)c2)c1. The Morgan fingerprint density at radius 1 is 0.950 bits per heavy atom. The zero-order chi connectivity index (χ0) is 14.5. The van der Waals surface area contributed by atoms with Gasteiger partial charge in [-0.2, -0.15) is 0 Å². The van der Waals surface area contributed by atoms with Crippen molar-refractivity contribution in [2.45, 2.75) is 33.7 Å². The van der Waals surface area contributed by atoms with Crippen LogP contribution in [-0.2, 0) is 17.8 Å². The molecule has 0 aliphatic rings. The number of amides is 1. The molecule has 0 aliphatic carbocycles. The van der Waals surface area contributed by atoms with Gasteiger partial charge in [0.05, 0.1) is 6.42 Å². The highest BCUT2D eigenvalue weighted by Crippen LogP contribution is 2.10. The summed E-state index contributed by atoms with van der Waals surface area (Å²) in [6.45, 7) is 6.80. The van der Waals surface area contributed by atoms with Gasteiger partial charge in [0.15, 0.2) is 0 Å². The van der Waals surface area contributed by atoms with Crippen molar-refractivity contribution in [3.63, 3.8) is 0 Å². The molecule has 1 N–H and O–H groups in total. The second-order valence-electron chi connectivity index (χ2n) is 5.36. The molecule has 0 heterocycles. The molecule has 2 aromatic rings. The molecule has 0 radical (unpaired) electrons. The second kappa shape index (κ2) is 6.38. The topological polar surface area (TPSA) is 29.1 Å². The van der Waals surface area contributed by atoms with Gasteiger partial charge in [0.25, 0.3) is 0 Å². The highest BCUT2D eigenvalue weighted by Gasteiger charge is 2.04. The highest BCUT2D eigenvalue weighted by molar-refractivity contribution is 5.78. The maximum Gasteiger partial charge on any atom is 0.224 e. The van der Waals surface area contributed by atoms with Crippen LogP contribution in [0.1, 0.15) is 27.8 Å². The number of hydrogen-bond acceptors (Lipinski definition) is 1. The molecule has 0 saturated heterocycles. The van der Waals surface area contributed by atoms with Crippen molar-refractivity contribution < 1.29 is 4.79 Å². The molecule has 0 saturated carbocycles. The van der Waals surface area contributed by atoms with Crippen molar-refractivity contribution in [3.05, 3.63) is 70.3 Å². The molecule has 0 bridgehead atoms. The summed E-state index contributed by atoms with van der Waals surface area (Å²) in [5.74, 6) is 0.0646. The predicted octanol–water partition coefficient (Wildman–Crippen LogP) is 3.47. The quantitative estimate of drug-likeness (QED) is 0.903. The van der Waals surface area contributed by atoms with Crippen LogP contribution >= 0.6 is 0 Å². The fourth-order valence-corrected chi connectivity index (χ4v) is 2.18. The average molecular weight is 267 g/mol. The lowest BCUT2D eigenvalue weighted by Crippen LogP contribution is -2.24. The fraction of sp³-hybridized carbons (Fsp3) is 0.278. The molecule has 2 nitrogen and oxygen atoms in total. The van der Waals surface area contributed by atoms with E-state index in [0.29, 0.717) is 13.0 Å². The Balaban J connectivity index is 1.91. The number of aryl methyl sites for hydroxylation is 3. The van der Waals surface area contributed by atoms with E-state index < -0.39 is 0 Å². The molecule has 0 aliphatic heterocycles. The molecular formula is C18H21NO. The Labute approximate surface area is 120 Å². The van der Waals surface area contributed by atoms with E-state index in [0.717, 1.165) is 11.1 Å². The van der Waals surface area contributed by atoms with E-state index >= 15 is 0 Å². The third-order valence-electron chi connectivity index (χ3n) is 3.51. The zero-order valence-corrected chi connectivity index (χ0v) is 12.4. The number of rotatable bonds is 4. The summed E-state index contributed by atoms with van der Waals surface area (Å²) in [6, 6.07) is 14.4. The molecular weight excluding hydrogens is 246 g/mol. The van der Waals surface area contributed by atoms with Gasteiger partial charge in [-0.05, 0) is 43.0 Å². The molecule has 2 rings (SSSR count). The predicted molar refractivity (Wildman–Crippen MR) is 82.6 cm³/mol. The minimum atomic E-state index is 0.0646. The van der Waals surface area contributed by atoms with E-state index in [1.165, 1.54) is 16.7 Å². The summed E-state index contributed by atoms with van der Waals surface area (Å²) in [5, 5.41) is 2.97. The fourth-order valence-electron chi connectivity index (χ4n) is 2.18. The molecule has 2 aromatic carbocycles. The molecule has 104 valence electrons. The van der Waals surface area contributed by atoms with Gasteiger partial charge in [-0.15, -0.1) is 0 Å². The Kier molecular flexibility index (Phi) is 4.57. The highest BCUT2D eigenvalue weighted by atomic mass is 16.1. The zero-order valence-electron chi connectivity index (χ0n) is 12.4. The first kappa shape index (κ1) is 14.3. The summed E-state index contributed by atoms with van der Waals surface area (Å²) in [5.41, 5.74) is 5.90. The first-order valence-electron chi connectivity index (χ1n) is 6.93. The Morgan fingerprint density at radius 2 is 1.75 bits per heavy atom. The standard InChI is InChI=1S/C18H21NO/c1-13-5-4-6-17(9-13)12-19-18(20)11-16-8-7-14(2)15(3)10-16/h4-10H,11-12H2,1-3H3,(H,19,20). The van der Waals surface area contributed by atoms with Crippen molar-refractivity contribution in [2.24, 2.45) is 0 Å². The lowest BCUT2D eigenvalue weighted by Gasteiger charge is -2.08. The van der Waals surface area contributed by atoms with E-state index in [-0.39, 0.29) is 5.91 Å². The molecule has 1 amide bonds. The van der Waals surface area contributed by atoms with Crippen LogP contribution in [0.5, 0.6) is 0 Å². The molecule has 20 heavy (non-hydrogen) atoms. The van der Waals surface area contributed by atoms with E-state index in [9.17, 15) is 4.79 Å². The number of nitrogens with one attached hydrogen (secondary N) is 1. The number of benzene rings is 2. The molecule has 0 spiro atoms. The van der Waals surface area contributed by atoms with Crippen LogP contribution in [0, 0.1) is 20.8 Å². The van der Waals surface area contributed by atoms with Gasteiger partial charge in [-0.25, -0.2) is 0 Å².